The molecule has 1 unspecified atom stereocenters. The summed E-state index contributed by atoms with van der Waals surface area (Å²) in [7, 11) is 0. The molecule has 84 valence electrons. The van der Waals surface area contributed by atoms with Crippen LogP contribution in [0.15, 0.2) is 47.2 Å². The Bertz CT molecular complexity index is 457. The molecule has 0 aliphatic rings. The van der Waals surface area contributed by atoms with Crippen molar-refractivity contribution in [2.45, 2.75) is 19.5 Å². The van der Waals surface area contributed by atoms with Crippen molar-refractivity contribution in [2.75, 3.05) is 0 Å². The number of halogens is 1. The zero-order valence-electron chi connectivity index (χ0n) is 9.23. The minimum Gasteiger partial charge on any atom is -0.350 e. The third-order valence-corrected chi connectivity index (χ3v) is 3.11. The van der Waals surface area contributed by atoms with Crippen LogP contribution in [0.5, 0.6) is 0 Å². The Kier molecular flexibility index (Phi) is 3.46. The molecular formula is C13H15BrN2. The first kappa shape index (κ1) is 11.4. The fraction of sp³-hybridized carbons (Fsp3) is 0.231. The maximum Gasteiger partial charge on any atom is 0.0470 e. The summed E-state index contributed by atoms with van der Waals surface area (Å²) in [5.41, 5.74) is 8.29. The lowest BCUT2D eigenvalue weighted by molar-refractivity contribution is 0.777. The summed E-state index contributed by atoms with van der Waals surface area (Å²) < 4.78 is 3.27. The summed E-state index contributed by atoms with van der Waals surface area (Å²) in [5, 5.41) is 0. The molecule has 1 heterocycles. The molecule has 2 aromatic rings. The molecule has 0 saturated heterocycles. The van der Waals surface area contributed by atoms with E-state index >= 15 is 0 Å². The predicted octanol–water partition coefficient (Wildman–Crippen LogP) is 3.32. The van der Waals surface area contributed by atoms with E-state index in [1.54, 1.807) is 0 Å². The first-order chi connectivity index (χ1) is 7.65. The van der Waals surface area contributed by atoms with Gasteiger partial charge in [-0.25, -0.2) is 0 Å². The Balaban J connectivity index is 2.11. The highest BCUT2D eigenvalue weighted by atomic mass is 79.9. The highest BCUT2D eigenvalue weighted by Gasteiger charge is 2.01. The van der Waals surface area contributed by atoms with Gasteiger partial charge in [-0.1, -0.05) is 28.1 Å². The van der Waals surface area contributed by atoms with Gasteiger partial charge in [0.05, 0.1) is 0 Å². The van der Waals surface area contributed by atoms with Crippen LogP contribution in [0, 0.1) is 0 Å². The number of aromatic nitrogens is 1. The van der Waals surface area contributed by atoms with Gasteiger partial charge in [0, 0.05) is 29.5 Å². The number of nitrogens with two attached hydrogens (primary N) is 1. The van der Waals surface area contributed by atoms with Gasteiger partial charge < -0.3 is 10.3 Å². The molecule has 0 spiro atoms. The zero-order valence-corrected chi connectivity index (χ0v) is 10.8. The van der Waals surface area contributed by atoms with E-state index in [9.17, 15) is 0 Å². The van der Waals surface area contributed by atoms with Gasteiger partial charge in [-0.3, -0.25) is 0 Å². The third kappa shape index (κ3) is 2.74. The van der Waals surface area contributed by atoms with E-state index in [2.05, 4.69) is 63.2 Å². The van der Waals surface area contributed by atoms with E-state index in [1.165, 1.54) is 11.1 Å². The Labute approximate surface area is 104 Å². The third-order valence-electron chi connectivity index (χ3n) is 2.58. The topological polar surface area (TPSA) is 30.9 Å². The monoisotopic (exact) mass is 278 g/mol. The lowest BCUT2D eigenvalue weighted by Crippen LogP contribution is -2.03. The molecular weight excluding hydrogens is 264 g/mol. The molecule has 0 fully saturated rings. The second kappa shape index (κ2) is 4.85. The molecule has 0 bridgehead atoms. The number of benzene rings is 1. The van der Waals surface area contributed by atoms with E-state index in [4.69, 9.17) is 5.73 Å². The Morgan fingerprint density at radius 3 is 2.50 bits per heavy atom. The van der Waals surface area contributed by atoms with Gasteiger partial charge in [0.1, 0.15) is 0 Å². The van der Waals surface area contributed by atoms with E-state index in [1.807, 2.05) is 6.92 Å². The van der Waals surface area contributed by atoms with E-state index < -0.39 is 0 Å². The molecule has 1 aromatic carbocycles. The minimum absolute atomic E-state index is 0.103. The Hall–Kier alpha value is -1.06. The molecule has 16 heavy (non-hydrogen) atoms. The molecule has 2 rings (SSSR count). The lowest BCUT2D eigenvalue weighted by Gasteiger charge is -2.04. The summed E-state index contributed by atoms with van der Waals surface area (Å²) in [6.07, 6.45) is 4.17. The molecule has 0 aliphatic carbocycles. The lowest BCUT2D eigenvalue weighted by atomic mass is 10.2. The smallest absolute Gasteiger partial charge is 0.0470 e. The van der Waals surface area contributed by atoms with E-state index in [0.29, 0.717) is 0 Å². The molecule has 3 heteroatoms. The first-order valence-corrected chi connectivity index (χ1v) is 6.10. The van der Waals surface area contributed by atoms with Gasteiger partial charge >= 0.3 is 0 Å². The fourth-order valence-corrected chi connectivity index (χ4v) is 1.89. The Morgan fingerprint density at radius 2 is 1.94 bits per heavy atom. The van der Waals surface area contributed by atoms with E-state index in [-0.39, 0.29) is 6.04 Å². The molecule has 2 nitrogen and oxygen atoms in total. The van der Waals surface area contributed by atoms with Gasteiger partial charge in [-0.2, -0.15) is 0 Å². The van der Waals surface area contributed by atoms with Crippen LogP contribution >= 0.6 is 15.9 Å². The average Bonchev–Trinajstić information content (AvgIpc) is 2.70. The number of nitrogens with zero attached hydrogens (tertiary/aromatic N) is 1. The SMILES string of the molecule is CC(N)c1ccn(Cc2ccc(Br)cc2)c1. The van der Waals surface area contributed by atoms with Gasteiger partial charge in [-0.05, 0) is 36.2 Å². The van der Waals surface area contributed by atoms with Crippen molar-refractivity contribution in [3.63, 3.8) is 0 Å². The number of rotatable bonds is 3. The van der Waals surface area contributed by atoms with Crippen molar-refractivity contribution in [1.29, 1.82) is 0 Å². The number of hydrogen-bond acceptors (Lipinski definition) is 1. The van der Waals surface area contributed by atoms with Crippen LogP contribution in [0.2, 0.25) is 0 Å². The minimum atomic E-state index is 0.103. The van der Waals surface area contributed by atoms with Gasteiger partial charge in [0.2, 0.25) is 0 Å². The second-order valence-corrected chi connectivity index (χ2v) is 4.95. The second-order valence-electron chi connectivity index (χ2n) is 4.03. The van der Waals surface area contributed by atoms with Crippen LogP contribution in [0.25, 0.3) is 0 Å². The molecule has 0 saturated carbocycles. The van der Waals surface area contributed by atoms with Gasteiger partial charge in [0.15, 0.2) is 0 Å². The zero-order chi connectivity index (χ0) is 11.5. The quantitative estimate of drug-likeness (QED) is 0.918. The van der Waals surface area contributed by atoms with Crippen LogP contribution in [0.4, 0.5) is 0 Å². The average molecular weight is 279 g/mol. The van der Waals surface area contributed by atoms with Gasteiger partial charge in [-0.15, -0.1) is 0 Å². The number of hydrogen-bond donors (Lipinski definition) is 1. The largest absolute Gasteiger partial charge is 0.350 e. The van der Waals surface area contributed by atoms with Gasteiger partial charge in [0.25, 0.3) is 0 Å². The van der Waals surface area contributed by atoms with Crippen molar-refractivity contribution in [1.82, 2.24) is 4.57 Å². The summed E-state index contributed by atoms with van der Waals surface area (Å²) >= 11 is 3.43. The molecule has 0 aliphatic heterocycles. The molecule has 0 radical (unpaired) electrons. The molecule has 1 aromatic heterocycles. The van der Waals surface area contributed by atoms with Crippen molar-refractivity contribution in [2.24, 2.45) is 5.73 Å². The fourth-order valence-electron chi connectivity index (χ4n) is 1.63. The van der Waals surface area contributed by atoms with Crippen molar-refractivity contribution in [3.05, 3.63) is 58.3 Å². The maximum atomic E-state index is 5.82. The van der Waals surface area contributed by atoms with Crippen LogP contribution < -0.4 is 5.73 Å². The van der Waals surface area contributed by atoms with E-state index in [0.717, 1.165) is 11.0 Å². The summed E-state index contributed by atoms with van der Waals surface area (Å²) in [4.78, 5) is 0. The molecule has 1 atom stereocenters. The standard InChI is InChI=1S/C13H15BrN2/c1-10(15)12-6-7-16(9-12)8-11-2-4-13(14)5-3-11/h2-7,9-10H,8,15H2,1H3. The van der Waals surface area contributed by atoms with Crippen molar-refractivity contribution < 1.29 is 0 Å². The van der Waals surface area contributed by atoms with Crippen LogP contribution in [0.3, 0.4) is 0 Å². The molecule has 2 N–H and O–H groups in total. The first-order valence-electron chi connectivity index (χ1n) is 5.31. The summed E-state index contributed by atoms with van der Waals surface area (Å²) in [5.74, 6) is 0. The van der Waals surface area contributed by atoms with Crippen LogP contribution in [0.1, 0.15) is 24.1 Å². The van der Waals surface area contributed by atoms with Crippen molar-refractivity contribution >= 4 is 15.9 Å². The summed E-state index contributed by atoms with van der Waals surface area (Å²) in [6, 6.07) is 10.5. The summed E-state index contributed by atoms with van der Waals surface area (Å²) in [6.45, 7) is 2.89. The predicted molar refractivity (Wildman–Crippen MR) is 70.3 cm³/mol. The highest BCUT2D eigenvalue weighted by molar-refractivity contribution is 9.10. The Morgan fingerprint density at radius 1 is 1.25 bits per heavy atom. The normalized spacial score (nSPS) is 12.7. The van der Waals surface area contributed by atoms with Crippen LogP contribution in [-0.4, -0.2) is 4.57 Å². The highest BCUT2D eigenvalue weighted by Crippen LogP contribution is 2.14. The molecule has 0 amide bonds. The van der Waals surface area contributed by atoms with Crippen molar-refractivity contribution in [3.8, 4) is 0 Å². The van der Waals surface area contributed by atoms with Crippen LogP contribution in [-0.2, 0) is 6.54 Å². The maximum absolute atomic E-state index is 5.82.